The lowest BCUT2D eigenvalue weighted by molar-refractivity contribution is 0.314. The molecule has 7 heteroatoms. The second-order valence-corrected chi connectivity index (χ2v) is 5.93. The molecule has 0 atom stereocenters. The molecule has 3 rings (SSSR count). The SMILES string of the molecule is CN=C(NCc1cccnc1-n1ccnc1C)NCC1CCC1.I. The van der Waals surface area contributed by atoms with Crippen LogP contribution in [0.15, 0.2) is 35.7 Å². The lowest BCUT2D eigenvalue weighted by Gasteiger charge is -2.26. The largest absolute Gasteiger partial charge is 0.356 e. The smallest absolute Gasteiger partial charge is 0.191 e. The standard InChI is InChI=1S/C17H24N6.HI/c1-13-19-9-10-23(13)16-15(7-4-8-20-16)12-22-17(18-2)21-11-14-5-3-6-14;/h4,7-10,14H,3,5-6,11-12H2,1-2H3,(H2,18,21,22);1H. The van der Waals surface area contributed by atoms with Crippen molar-refractivity contribution in [2.75, 3.05) is 13.6 Å². The van der Waals surface area contributed by atoms with Gasteiger partial charge in [0.05, 0.1) is 0 Å². The van der Waals surface area contributed by atoms with Crippen LogP contribution in [0.25, 0.3) is 5.82 Å². The van der Waals surface area contributed by atoms with Crippen molar-refractivity contribution in [2.45, 2.75) is 32.7 Å². The minimum absolute atomic E-state index is 0. The van der Waals surface area contributed by atoms with E-state index >= 15 is 0 Å². The Balaban J connectivity index is 0.00000208. The number of pyridine rings is 1. The average Bonchev–Trinajstić information content (AvgIpc) is 2.95. The molecule has 0 spiro atoms. The first-order valence-corrected chi connectivity index (χ1v) is 8.16. The summed E-state index contributed by atoms with van der Waals surface area (Å²) in [5.41, 5.74) is 1.11. The van der Waals surface area contributed by atoms with Gasteiger partial charge in [-0.3, -0.25) is 9.56 Å². The molecule has 0 aromatic carbocycles. The molecule has 1 aliphatic carbocycles. The van der Waals surface area contributed by atoms with Gasteiger partial charge in [0.2, 0.25) is 0 Å². The Morgan fingerprint density at radius 2 is 2.12 bits per heavy atom. The first-order chi connectivity index (χ1) is 11.3. The third-order valence-electron chi connectivity index (χ3n) is 4.37. The Labute approximate surface area is 160 Å². The first-order valence-electron chi connectivity index (χ1n) is 8.16. The zero-order chi connectivity index (χ0) is 16.1. The number of hydrogen-bond acceptors (Lipinski definition) is 3. The van der Waals surface area contributed by atoms with Crippen LogP contribution in [-0.2, 0) is 6.54 Å². The first kappa shape index (κ1) is 18.7. The number of aromatic nitrogens is 3. The normalized spacial score (nSPS) is 14.7. The van der Waals surface area contributed by atoms with Gasteiger partial charge in [0.15, 0.2) is 5.96 Å². The molecule has 130 valence electrons. The summed E-state index contributed by atoms with van der Waals surface area (Å²) in [5.74, 6) is 3.48. The van der Waals surface area contributed by atoms with Crippen LogP contribution < -0.4 is 10.6 Å². The van der Waals surface area contributed by atoms with Gasteiger partial charge < -0.3 is 10.6 Å². The Morgan fingerprint density at radius 3 is 2.75 bits per heavy atom. The van der Waals surface area contributed by atoms with Crippen LogP contribution in [0.1, 0.15) is 30.7 Å². The fourth-order valence-electron chi connectivity index (χ4n) is 2.72. The summed E-state index contributed by atoms with van der Waals surface area (Å²) in [6.07, 6.45) is 9.56. The molecule has 0 saturated heterocycles. The fourth-order valence-corrected chi connectivity index (χ4v) is 2.72. The molecule has 0 bridgehead atoms. The number of halogens is 1. The van der Waals surface area contributed by atoms with Crippen molar-refractivity contribution in [3.63, 3.8) is 0 Å². The molecule has 0 radical (unpaired) electrons. The Morgan fingerprint density at radius 1 is 1.29 bits per heavy atom. The number of imidazole rings is 1. The molecule has 0 aliphatic heterocycles. The third kappa shape index (κ3) is 4.46. The van der Waals surface area contributed by atoms with Gasteiger partial charge in [0.25, 0.3) is 0 Å². The highest BCUT2D eigenvalue weighted by Crippen LogP contribution is 2.25. The van der Waals surface area contributed by atoms with Gasteiger partial charge in [-0.2, -0.15) is 0 Å². The van der Waals surface area contributed by atoms with E-state index in [1.165, 1.54) is 19.3 Å². The number of aryl methyl sites for hydroxylation is 1. The van der Waals surface area contributed by atoms with Crippen molar-refractivity contribution in [2.24, 2.45) is 10.9 Å². The van der Waals surface area contributed by atoms with E-state index in [2.05, 4.69) is 31.7 Å². The van der Waals surface area contributed by atoms with E-state index in [1.807, 2.05) is 30.0 Å². The zero-order valence-electron chi connectivity index (χ0n) is 14.2. The monoisotopic (exact) mass is 440 g/mol. The molecule has 0 amide bonds. The molecule has 2 heterocycles. The highest BCUT2D eigenvalue weighted by atomic mass is 127. The van der Waals surface area contributed by atoms with Crippen molar-refractivity contribution in [3.05, 3.63) is 42.1 Å². The number of nitrogens with zero attached hydrogens (tertiary/aromatic N) is 4. The molecular formula is C17H25IN6. The van der Waals surface area contributed by atoms with E-state index in [0.717, 1.165) is 35.6 Å². The van der Waals surface area contributed by atoms with Crippen LogP contribution in [-0.4, -0.2) is 34.1 Å². The minimum atomic E-state index is 0. The molecule has 24 heavy (non-hydrogen) atoms. The second-order valence-electron chi connectivity index (χ2n) is 5.93. The quantitative estimate of drug-likeness (QED) is 0.426. The highest BCUT2D eigenvalue weighted by molar-refractivity contribution is 14.0. The molecule has 1 aliphatic rings. The van der Waals surface area contributed by atoms with E-state index < -0.39 is 0 Å². The Hall–Kier alpha value is -1.64. The Bertz CT molecular complexity index is 677. The molecule has 1 saturated carbocycles. The van der Waals surface area contributed by atoms with Crippen LogP contribution in [0.5, 0.6) is 0 Å². The van der Waals surface area contributed by atoms with Crippen LogP contribution in [0, 0.1) is 12.8 Å². The number of hydrogen-bond donors (Lipinski definition) is 2. The molecule has 0 unspecified atom stereocenters. The summed E-state index contributed by atoms with van der Waals surface area (Å²) in [6.45, 7) is 3.65. The summed E-state index contributed by atoms with van der Waals surface area (Å²) in [6, 6.07) is 4.03. The maximum Gasteiger partial charge on any atom is 0.191 e. The van der Waals surface area contributed by atoms with Crippen LogP contribution in [0.4, 0.5) is 0 Å². The molecule has 2 aromatic rings. The predicted octanol–water partition coefficient (Wildman–Crippen LogP) is 2.66. The van der Waals surface area contributed by atoms with Crippen molar-refractivity contribution in [3.8, 4) is 5.82 Å². The van der Waals surface area contributed by atoms with Gasteiger partial charge >= 0.3 is 0 Å². The predicted molar refractivity (Wildman–Crippen MR) is 107 cm³/mol. The highest BCUT2D eigenvalue weighted by Gasteiger charge is 2.17. The van der Waals surface area contributed by atoms with Gasteiger partial charge in [-0.05, 0) is 31.7 Å². The number of nitrogens with one attached hydrogen (secondary N) is 2. The summed E-state index contributed by atoms with van der Waals surface area (Å²) in [5, 5.41) is 6.78. The Kier molecular flexibility index (Phi) is 7.01. The van der Waals surface area contributed by atoms with E-state index in [1.54, 1.807) is 13.2 Å². The van der Waals surface area contributed by atoms with E-state index in [4.69, 9.17) is 0 Å². The number of guanidine groups is 1. The zero-order valence-corrected chi connectivity index (χ0v) is 16.5. The topological polar surface area (TPSA) is 67.1 Å². The molecule has 2 aromatic heterocycles. The van der Waals surface area contributed by atoms with E-state index in [9.17, 15) is 0 Å². The van der Waals surface area contributed by atoms with Crippen LogP contribution in [0.3, 0.4) is 0 Å². The van der Waals surface area contributed by atoms with Crippen molar-refractivity contribution < 1.29 is 0 Å². The summed E-state index contributed by atoms with van der Waals surface area (Å²) >= 11 is 0. The molecule has 1 fully saturated rings. The van der Waals surface area contributed by atoms with Gasteiger partial charge in [-0.15, -0.1) is 24.0 Å². The van der Waals surface area contributed by atoms with E-state index in [-0.39, 0.29) is 24.0 Å². The molecular weight excluding hydrogens is 415 g/mol. The maximum atomic E-state index is 4.51. The van der Waals surface area contributed by atoms with E-state index in [0.29, 0.717) is 6.54 Å². The summed E-state index contributed by atoms with van der Waals surface area (Å²) in [7, 11) is 1.81. The van der Waals surface area contributed by atoms with Crippen molar-refractivity contribution >= 4 is 29.9 Å². The second kappa shape index (κ2) is 9.00. The number of aliphatic imine (C=N–C) groups is 1. The molecule has 6 nitrogen and oxygen atoms in total. The van der Waals surface area contributed by atoms with Crippen LogP contribution >= 0.6 is 24.0 Å². The maximum absolute atomic E-state index is 4.51. The van der Waals surface area contributed by atoms with Gasteiger partial charge in [-0.1, -0.05) is 12.5 Å². The molecule has 2 N–H and O–H groups in total. The van der Waals surface area contributed by atoms with Gasteiger partial charge in [0.1, 0.15) is 11.6 Å². The lowest BCUT2D eigenvalue weighted by Crippen LogP contribution is -2.40. The third-order valence-corrected chi connectivity index (χ3v) is 4.37. The van der Waals surface area contributed by atoms with Gasteiger partial charge in [0, 0.05) is 44.3 Å². The fraction of sp³-hybridized carbons (Fsp3) is 0.471. The summed E-state index contributed by atoms with van der Waals surface area (Å²) < 4.78 is 2.00. The van der Waals surface area contributed by atoms with Crippen LogP contribution in [0.2, 0.25) is 0 Å². The van der Waals surface area contributed by atoms with Crippen molar-refractivity contribution in [1.82, 2.24) is 25.2 Å². The average molecular weight is 440 g/mol. The van der Waals surface area contributed by atoms with Gasteiger partial charge in [-0.25, -0.2) is 9.97 Å². The summed E-state index contributed by atoms with van der Waals surface area (Å²) in [4.78, 5) is 13.1. The van der Waals surface area contributed by atoms with Crippen molar-refractivity contribution in [1.29, 1.82) is 0 Å². The lowest BCUT2D eigenvalue weighted by atomic mass is 9.85. The number of rotatable bonds is 5. The minimum Gasteiger partial charge on any atom is -0.356 e.